The maximum atomic E-state index is 5.93. The van der Waals surface area contributed by atoms with Gasteiger partial charge in [-0.15, -0.1) is 0 Å². The van der Waals surface area contributed by atoms with Gasteiger partial charge in [0.05, 0.1) is 13.2 Å². The van der Waals surface area contributed by atoms with E-state index >= 15 is 0 Å². The molecule has 2 aromatic rings. The zero-order valence-corrected chi connectivity index (χ0v) is 16.9. The zero-order chi connectivity index (χ0) is 18.5. The third-order valence-electron chi connectivity index (χ3n) is 5.54. The van der Waals surface area contributed by atoms with Crippen molar-refractivity contribution in [2.75, 3.05) is 19.8 Å². The summed E-state index contributed by atoms with van der Waals surface area (Å²) in [6.45, 7) is 5.80. The highest BCUT2D eigenvalue weighted by molar-refractivity contribution is 7.97. The number of hydrogen-bond acceptors (Lipinski definition) is 4. The first-order valence-electron chi connectivity index (χ1n) is 10.1. The Bertz CT molecular complexity index is 700. The lowest BCUT2D eigenvalue weighted by Crippen LogP contribution is -2.31. The molecule has 4 rings (SSSR count). The topological polar surface area (TPSA) is 21.7 Å². The first-order valence-corrected chi connectivity index (χ1v) is 10.9. The van der Waals surface area contributed by atoms with Crippen LogP contribution in [0.25, 0.3) is 0 Å². The van der Waals surface area contributed by atoms with Crippen LogP contribution < -0.4 is 4.74 Å². The minimum atomic E-state index is 0.546. The summed E-state index contributed by atoms with van der Waals surface area (Å²) in [5, 5.41) is 0.568. The molecule has 0 aromatic heterocycles. The van der Waals surface area contributed by atoms with Gasteiger partial charge in [-0.3, -0.25) is 0 Å². The fourth-order valence-electron chi connectivity index (χ4n) is 3.74. The molecule has 27 heavy (non-hydrogen) atoms. The van der Waals surface area contributed by atoms with Gasteiger partial charge in [0.15, 0.2) is 0 Å². The summed E-state index contributed by atoms with van der Waals surface area (Å²) in [7, 11) is 0. The average Bonchev–Trinajstić information content (AvgIpc) is 3.23. The molecule has 2 aliphatic heterocycles. The van der Waals surface area contributed by atoms with Crippen LogP contribution in [0.1, 0.15) is 42.6 Å². The highest BCUT2D eigenvalue weighted by atomic mass is 32.2. The Labute approximate surface area is 167 Å². The number of ether oxygens (including phenoxy) is 2. The summed E-state index contributed by atoms with van der Waals surface area (Å²) in [6.07, 6.45) is 3.62. The Balaban J connectivity index is 1.33. The fraction of sp³-hybridized carbons (Fsp3) is 0.478. The molecule has 2 fully saturated rings. The van der Waals surface area contributed by atoms with Crippen molar-refractivity contribution < 1.29 is 9.47 Å². The molecule has 0 aliphatic carbocycles. The van der Waals surface area contributed by atoms with Crippen LogP contribution in [0.15, 0.2) is 54.6 Å². The van der Waals surface area contributed by atoms with Crippen molar-refractivity contribution in [3.63, 3.8) is 0 Å². The van der Waals surface area contributed by atoms with Crippen LogP contribution in [0.2, 0.25) is 0 Å². The third-order valence-corrected chi connectivity index (χ3v) is 7.07. The van der Waals surface area contributed by atoms with Gasteiger partial charge in [0, 0.05) is 30.4 Å². The Hall–Kier alpha value is -1.49. The van der Waals surface area contributed by atoms with Crippen molar-refractivity contribution in [1.29, 1.82) is 0 Å². The van der Waals surface area contributed by atoms with Crippen molar-refractivity contribution in [3.05, 3.63) is 65.7 Å². The van der Waals surface area contributed by atoms with Gasteiger partial charge < -0.3 is 9.47 Å². The van der Waals surface area contributed by atoms with Crippen molar-refractivity contribution in [3.8, 4) is 5.75 Å². The molecule has 0 N–H and O–H groups in total. The van der Waals surface area contributed by atoms with E-state index in [9.17, 15) is 0 Å². The third kappa shape index (κ3) is 5.07. The quantitative estimate of drug-likeness (QED) is 0.616. The van der Waals surface area contributed by atoms with Crippen molar-refractivity contribution in [2.45, 2.75) is 44.0 Å². The number of nitrogens with zero attached hydrogens (tertiary/aromatic N) is 1. The van der Waals surface area contributed by atoms with E-state index in [2.05, 4.69) is 65.8 Å². The van der Waals surface area contributed by atoms with E-state index in [4.69, 9.17) is 9.47 Å². The maximum absolute atomic E-state index is 5.93. The van der Waals surface area contributed by atoms with Gasteiger partial charge in [-0.25, -0.2) is 4.31 Å². The zero-order valence-electron chi connectivity index (χ0n) is 16.0. The van der Waals surface area contributed by atoms with E-state index in [1.807, 2.05) is 11.9 Å². The summed E-state index contributed by atoms with van der Waals surface area (Å²) >= 11 is 2.01. The minimum Gasteiger partial charge on any atom is -0.493 e. The van der Waals surface area contributed by atoms with Gasteiger partial charge in [0.1, 0.15) is 5.75 Å². The van der Waals surface area contributed by atoms with Gasteiger partial charge in [0.2, 0.25) is 0 Å². The normalized spacial score (nSPS) is 26.2. The average molecular weight is 384 g/mol. The molecule has 0 radical (unpaired) electrons. The summed E-state index contributed by atoms with van der Waals surface area (Å²) in [5.74, 6) is 1.51. The number of benzene rings is 2. The highest BCUT2D eigenvalue weighted by Gasteiger charge is 2.27. The summed E-state index contributed by atoms with van der Waals surface area (Å²) in [5.41, 5.74) is 2.79. The van der Waals surface area contributed by atoms with Crippen LogP contribution in [0, 0.1) is 5.92 Å². The van der Waals surface area contributed by atoms with Gasteiger partial charge in [0.25, 0.3) is 0 Å². The van der Waals surface area contributed by atoms with E-state index in [1.54, 1.807) is 0 Å². The Morgan fingerprint density at radius 1 is 1.04 bits per heavy atom. The van der Waals surface area contributed by atoms with Crippen LogP contribution in [0.5, 0.6) is 5.75 Å². The highest BCUT2D eigenvalue weighted by Crippen LogP contribution is 2.42. The molecule has 0 bridgehead atoms. The van der Waals surface area contributed by atoms with Gasteiger partial charge >= 0.3 is 0 Å². The van der Waals surface area contributed by atoms with Crippen molar-refractivity contribution >= 4 is 11.9 Å². The summed E-state index contributed by atoms with van der Waals surface area (Å²) in [4.78, 5) is 0. The van der Waals surface area contributed by atoms with Crippen molar-refractivity contribution in [2.24, 2.45) is 5.92 Å². The summed E-state index contributed by atoms with van der Waals surface area (Å²) in [6, 6.07) is 20.1. The van der Waals surface area contributed by atoms with Gasteiger partial charge in [-0.05, 0) is 49.4 Å². The van der Waals surface area contributed by atoms with Gasteiger partial charge in [-0.1, -0.05) is 54.4 Å². The lowest BCUT2D eigenvalue weighted by Gasteiger charge is -2.37. The van der Waals surface area contributed by atoms with Crippen LogP contribution in [0.3, 0.4) is 0 Å². The molecule has 0 amide bonds. The molecule has 3 atom stereocenters. The largest absolute Gasteiger partial charge is 0.493 e. The van der Waals surface area contributed by atoms with E-state index < -0.39 is 0 Å². The first-order chi connectivity index (χ1) is 13.3. The number of hydrogen-bond donors (Lipinski definition) is 0. The molecule has 3 nitrogen and oxygen atoms in total. The minimum absolute atomic E-state index is 0.546. The monoisotopic (exact) mass is 383 g/mol. The second-order valence-corrected chi connectivity index (χ2v) is 8.94. The lowest BCUT2D eigenvalue weighted by atomic mass is 10.0. The Morgan fingerprint density at radius 3 is 2.59 bits per heavy atom. The van der Waals surface area contributed by atoms with Gasteiger partial charge in [-0.2, -0.15) is 0 Å². The van der Waals surface area contributed by atoms with Crippen LogP contribution in [-0.4, -0.2) is 30.2 Å². The molecular formula is C23H29NO2S. The van der Waals surface area contributed by atoms with E-state index in [0.29, 0.717) is 17.2 Å². The molecule has 2 heterocycles. The summed E-state index contributed by atoms with van der Waals surface area (Å²) < 4.78 is 13.9. The Kier molecular flexibility index (Phi) is 6.38. The van der Waals surface area contributed by atoms with Crippen LogP contribution >= 0.6 is 11.9 Å². The number of rotatable bonds is 6. The van der Waals surface area contributed by atoms with Crippen molar-refractivity contribution in [1.82, 2.24) is 4.31 Å². The Morgan fingerprint density at radius 2 is 1.85 bits per heavy atom. The molecule has 2 aliphatic rings. The predicted octanol–water partition coefficient (Wildman–Crippen LogP) is 5.48. The van der Waals surface area contributed by atoms with Crippen LogP contribution in [-0.2, 0) is 11.3 Å². The second kappa shape index (κ2) is 9.13. The van der Waals surface area contributed by atoms with E-state index in [1.165, 1.54) is 24.0 Å². The lowest BCUT2D eigenvalue weighted by molar-refractivity contribution is 0.167. The predicted molar refractivity (Wildman–Crippen MR) is 112 cm³/mol. The van der Waals surface area contributed by atoms with E-state index in [-0.39, 0.29) is 0 Å². The van der Waals surface area contributed by atoms with E-state index in [0.717, 1.165) is 38.5 Å². The fourth-order valence-corrected chi connectivity index (χ4v) is 5.13. The maximum Gasteiger partial charge on any atom is 0.119 e. The molecule has 144 valence electrons. The molecule has 2 saturated heterocycles. The molecule has 4 heteroatoms. The molecular weight excluding hydrogens is 354 g/mol. The standard InChI is InChI=1S/C23H29NO2S/c1-18-7-12-23(21-5-3-2-4-6-21)27-24(18)15-19-8-10-22(11-9-19)26-17-20-13-14-25-16-20/h2-6,8-11,18,20,23H,7,12-17H2,1H3/t18-,20?,23?/m0/s1. The second-order valence-electron chi connectivity index (χ2n) is 7.69. The molecule has 0 spiro atoms. The SMILES string of the molecule is C[C@H]1CCC(c2ccccc2)SN1Cc1ccc(OCC2CCOC2)cc1. The first kappa shape index (κ1) is 18.9. The molecule has 2 unspecified atom stereocenters. The molecule has 0 saturated carbocycles. The molecule has 2 aromatic carbocycles. The van der Waals surface area contributed by atoms with Crippen LogP contribution in [0.4, 0.5) is 0 Å². The smallest absolute Gasteiger partial charge is 0.119 e.